The third-order valence-electron chi connectivity index (χ3n) is 7.40. The van der Waals surface area contributed by atoms with Crippen LogP contribution in [0, 0.1) is 29.1 Å². The Morgan fingerprint density at radius 3 is 1.93 bits per heavy atom. The third-order valence-corrected chi connectivity index (χ3v) is 7.40. The van der Waals surface area contributed by atoms with Gasteiger partial charge < -0.3 is 16.0 Å². The lowest BCUT2D eigenvalue weighted by Crippen LogP contribution is -2.57. The highest BCUT2D eigenvalue weighted by Gasteiger charge is 2.55. The maximum absolute atomic E-state index is 13.4. The second kappa shape index (κ2) is 8.05. The first-order chi connectivity index (χ1) is 14.3. The molecule has 0 aromatic heterocycles. The zero-order chi connectivity index (χ0) is 21.5. The van der Waals surface area contributed by atoms with Crippen LogP contribution >= 0.6 is 0 Å². The Balaban J connectivity index is 1.43. The summed E-state index contributed by atoms with van der Waals surface area (Å²) < 4.78 is 0. The van der Waals surface area contributed by atoms with Gasteiger partial charge in [0.05, 0.1) is 0 Å². The van der Waals surface area contributed by atoms with Crippen molar-refractivity contribution < 1.29 is 14.4 Å². The molecule has 0 saturated heterocycles. The average molecular weight is 412 g/mol. The van der Waals surface area contributed by atoms with Crippen LogP contribution in [0.25, 0.3) is 0 Å². The van der Waals surface area contributed by atoms with E-state index in [0.29, 0.717) is 29.0 Å². The molecule has 4 fully saturated rings. The Morgan fingerprint density at radius 2 is 1.47 bits per heavy atom. The van der Waals surface area contributed by atoms with Crippen LogP contribution in [-0.2, 0) is 9.59 Å². The molecule has 3 N–H and O–H groups in total. The summed E-state index contributed by atoms with van der Waals surface area (Å²) in [6.45, 7) is 3.91. The molecule has 6 nitrogen and oxygen atoms in total. The Hall–Kier alpha value is -2.37. The van der Waals surface area contributed by atoms with Gasteiger partial charge in [0, 0.05) is 23.7 Å². The van der Waals surface area contributed by atoms with Crippen molar-refractivity contribution in [3.63, 3.8) is 0 Å². The lowest BCUT2D eigenvalue weighted by molar-refractivity contribution is -0.148. The first-order valence-corrected chi connectivity index (χ1v) is 11.2. The minimum Gasteiger partial charge on any atom is -0.355 e. The van der Waals surface area contributed by atoms with Gasteiger partial charge in [0.25, 0.3) is 5.91 Å². The normalized spacial score (nSPS) is 30.1. The molecule has 1 aromatic carbocycles. The summed E-state index contributed by atoms with van der Waals surface area (Å²) in [5, 5.41) is 8.60. The topological polar surface area (TPSA) is 87.3 Å². The zero-order valence-electron chi connectivity index (χ0n) is 18.2. The molecule has 1 atom stereocenters. The van der Waals surface area contributed by atoms with E-state index in [2.05, 4.69) is 16.0 Å². The highest BCUT2D eigenvalue weighted by Crippen LogP contribution is 2.60. The van der Waals surface area contributed by atoms with Crippen molar-refractivity contribution in [1.82, 2.24) is 10.6 Å². The van der Waals surface area contributed by atoms with Gasteiger partial charge in [-0.05, 0) is 86.5 Å². The van der Waals surface area contributed by atoms with E-state index in [1.54, 1.807) is 31.3 Å². The molecular weight excluding hydrogens is 378 g/mol. The summed E-state index contributed by atoms with van der Waals surface area (Å²) in [5.41, 5.74) is 0.880. The van der Waals surface area contributed by atoms with Crippen LogP contribution in [-0.4, -0.2) is 30.8 Å². The number of benzene rings is 1. The SMILES string of the molecule is CNC(=O)c1ccc(NC(=O)C(NC(=O)C23CC4CC(CC(C4)C2)C3)C(C)C)cc1. The first-order valence-electron chi connectivity index (χ1n) is 11.2. The number of carbonyl (C=O) groups excluding carboxylic acids is 3. The minimum atomic E-state index is -0.580. The summed E-state index contributed by atoms with van der Waals surface area (Å²) in [7, 11) is 1.58. The molecule has 30 heavy (non-hydrogen) atoms. The van der Waals surface area contributed by atoms with E-state index >= 15 is 0 Å². The Morgan fingerprint density at radius 1 is 0.933 bits per heavy atom. The van der Waals surface area contributed by atoms with E-state index in [1.807, 2.05) is 13.8 Å². The maximum atomic E-state index is 13.4. The van der Waals surface area contributed by atoms with E-state index in [9.17, 15) is 14.4 Å². The van der Waals surface area contributed by atoms with Crippen molar-refractivity contribution in [2.24, 2.45) is 29.1 Å². The maximum Gasteiger partial charge on any atom is 0.251 e. The van der Waals surface area contributed by atoms with E-state index < -0.39 is 6.04 Å². The van der Waals surface area contributed by atoms with E-state index in [0.717, 1.165) is 19.3 Å². The molecule has 1 aromatic rings. The second-order valence-corrected chi connectivity index (χ2v) is 10.0. The van der Waals surface area contributed by atoms with Crippen molar-refractivity contribution in [2.45, 2.75) is 58.4 Å². The van der Waals surface area contributed by atoms with Gasteiger partial charge in [-0.15, -0.1) is 0 Å². The van der Waals surface area contributed by atoms with Gasteiger partial charge >= 0.3 is 0 Å². The molecule has 5 rings (SSSR count). The standard InChI is InChI=1S/C24H33N3O3/c1-14(2)20(22(29)26-19-6-4-18(5-7-19)21(28)25-3)27-23(30)24-11-15-8-16(12-24)10-17(9-15)13-24/h4-7,14-17,20H,8-13H2,1-3H3,(H,25,28)(H,26,29)(H,27,30). The highest BCUT2D eigenvalue weighted by atomic mass is 16.2. The van der Waals surface area contributed by atoms with E-state index in [-0.39, 0.29) is 29.1 Å². The van der Waals surface area contributed by atoms with Crippen LogP contribution in [0.15, 0.2) is 24.3 Å². The monoisotopic (exact) mass is 411 g/mol. The van der Waals surface area contributed by atoms with Gasteiger partial charge in [0.2, 0.25) is 11.8 Å². The quantitative estimate of drug-likeness (QED) is 0.671. The molecule has 6 heteroatoms. The van der Waals surface area contributed by atoms with E-state index in [1.165, 1.54) is 19.3 Å². The molecule has 0 heterocycles. The number of carbonyl (C=O) groups is 3. The molecular formula is C24H33N3O3. The number of rotatable bonds is 6. The fourth-order valence-corrected chi connectivity index (χ4v) is 6.29. The van der Waals surface area contributed by atoms with Gasteiger partial charge in [-0.3, -0.25) is 14.4 Å². The van der Waals surface area contributed by atoms with Crippen LogP contribution in [0.4, 0.5) is 5.69 Å². The van der Waals surface area contributed by atoms with Crippen molar-refractivity contribution >= 4 is 23.4 Å². The molecule has 1 unspecified atom stereocenters. The summed E-state index contributed by atoms with van der Waals surface area (Å²) in [5.74, 6) is 1.73. The number of hydrogen-bond donors (Lipinski definition) is 3. The van der Waals surface area contributed by atoms with E-state index in [4.69, 9.17) is 0 Å². The number of hydrogen-bond acceptors (Lipinski definition) is 3. The summed E-state index contributed by atoms with van der Waals surface area (Å²) in [4.78, 5) is 38.1. The Labute approximate surface area is 178 Å². The van der Waals surface area contributed by atoms with Crippen molar-refractivity contribution in [1.29, 1.82) is 0 Å². The van der Waals surface area contributed by atoms with Gasteiger partial charge in [-0.2, -0.15) is 0 Å². The molecule has 4 aliphatic rings. The molecule has 162 valence electrons. The Bertz CT molecular complexity index is 795. The van der Waals surface area contributed by atoms with Gasteiger partial charge in [0.1, 0.15) is 6.04 Å². The summed E-state index contributed by atoms with van der Waals surface area (Å²) in [6.07, 6.45) is 6.81. The van der Waals surface area contributed by atoms with Gasteiger partial charge in [0.15, 0.2) is 0 Å². The lowest BCUT2D eigenvalue weighted by Gasteiger charge is -2.55. The lowest BCUT2D eigenvalue weighted by atomic mass is 9.49. The first kappa shape index (κ1) is 20.9. The summed E-state index contributed by atoms with van der Waals surface area (Å²) >= 11 is 0. The zero-order valence-corrected chi connectivity index (χ0v) is 18.2. The molecule has 3 amide bonds. The van der Waals surface area contributed by atoms with Crippen molar-refractivity contribution in [3.05, 3.63) is 29.8 Å². The van der Waals surface area contributed by atoms with Crippen LogP contribution < -0.4 is 16.0 Å². The van der Waals surface area contributed by atoms with Gasteiger partial charge in [-0.1, -0.05) is 13.8 Å². The summed E-state index contributed by atoms with van der Waals surface area (Å²) in [6, 6.07) is 6.19. The Kier molecular flexibility index (Phi) is 5.60. The van der Waals surface area contributed by atoms with Crippen LogP contribution in [0.2, 0.25) is 0 Å². The molecule has 4 aliphatic carbocycles. The fourth-order valence-electron chi connectivity index (χ4n) is 6.29. The predicted octanol–water partition coefficient (Wildman–Crippen LogP) is 3.34. The minimum absolute atomic E-state index is 0.0204. The largest absolute Gasteiger partial charge is 0.355 e. The number of amides is 3. The number of anilines is 1. The van der Waals surface area contributed by atoms with Crippen molar-refractivity contribution in [3.8, 4) is 0 Å². The molecule has 4 saturated carbocycles. The molecule has 0 radical (unpaired) electrons. The fraction of sp³-hybridized carbons (Fsp3) is 0.625. The van der Waals surface area contributed by atoms with Gasteiger partial charge in [-0.25, -0.2) is 0 Å². The molecule has 0 spiro atoms. The van der Waals surface area contributed by atoms with Crippen LogP contribution in [0.1, 0.15) is 62.7 Å². The van der Waals surface area contributed by atoms with Crippen LogP contribution in [0.5, 0.6) is 0 Å². The third kappa shape index (κ3) is 3.96. The smallest absolute Gasteiger partial charge is 0.251 e. The highest BCUT2D eigenvalue weighted by molar-refractivity contribution is 5.99. The molecule has 0 aliphatic heterocycles. The van der Waals surface area contributed by atoms with Crippen LogP contribution in [0.3, 0.4) is 0 Å². The number of nitrogens with one attached hydrogen (secondary N) is 3. The molecule has 4 bridgehead atoms. The average Bonchev–Trinajstić information content (AvgIpc) is 2.70. The second-order valence-electron chi connectivity index (χ2n) is 10.0. The van der Waals surface area contributed by atoms with Crippen molar-refractivity contribution in [2.75, 3.05) is 12.4 Å². The predicted molar refractivity (Wildman–Crippen MR) is 116 cm³/mol.